The Kier molecular flexibility index (Phi) is 3.72. The van der Waals surface area contributed by atoms with Gasteiger partial charge in [0.25, 0.3) is 0 Å². The number of benzene rings is 2. The van der Waals surface area contributed by atoms with E-state index >= 15 is 0 Å². The normalized spacial score (nSPS) is 17.8. The van der Waals surface area contributed by atoms with Crippen LogP contribution in [-0.4, -0.2) is 21.9 Å². The average Bonchev–Trinajstić information content (AvgIpc) is 2.63. The zero-order valence-corrected chi connectivity index (χ0v) is 14.8. The second-order valence-corrected chi connectivity index (χ2v) is 7.17. The van der Waals surface area contributed by atoms with Crippen molar-refractivity contribution in [3.05, 3.63) is 57.9 Å². The van der Waals surface area contributed by atoms with E-state index in [1.54, 1.807) is 38.1 Å². The summed E-state index contributed by atoms with van der Waals surface area (Å²) in [4.78, 5) is 13.2. The monoisotopic (exact) mass is 363 g/mol. The number of ether oxygens (including phenoxy) is 1. The molecule has 1 unspecified atom stereocenters. The van der Waals surface area contributed by atoms with Gasteiger partial charge in [-0.05, 0) is 31.5 Å². The van der Waals surface area contributed by atoms with Crippen LogP contribution in [0, 0.1) is 11.3 Å². The molecule has 3 aromatic rings. The SMILES string of the molecule is CC1(C)Oc2c(c(O)cc3occ(-c4cccc(C#N)c4)c(=O)c23)CC1O. The molecular formula is C21H17NO5. The number of aliphatic hydroxyl groups is 1. The molecule has 1 aromatic heterocycles. The number of aliphatic hydroxyl groups excluding tert-OH is 1. The molecule has 1 atom stereocenters. The zero-order valence-electron chi connectivity index (χ0n) is 14.8. The number of phenols is 1. The molecule has 0 radical (unpaired) electrons. The van der Waals surface area contributed by atoms with E-state index in [9.17, 15) is 15.0 Å². The van der Waals surface area contributed by atoms with Crippen LogP contribution in [0.1, 0.15) is 25.0 Å². The third-order valence-corrected chi connectivity index (χ3v) is 4.97. The molecule has 0 amide bonds. The Hall–Kier alpha value is -3.30. The minimum absolute atomic E-state index is 0.0885. The largest absolute Gasteiger partial charge is 0.507 e. The molecular weight excluding hydrogens is 346 g/mol. The van der Waals surface area contributed by atoms with Crippen LogP contribution in [0.5, 0.6) is 11.5 Å². The van der Waals surface area contributed by atoms with Crippen molar-refractivity contribution in [1.82, 2.24) is 0 Å². The highest BCUT2D eigenvalue weighted by Gasteiger charge is 2.38. The first kappa shape index (κ1) is 17.1. The van der Waals surface area contributed by atoms with Crippen molar-refractivity contribution in [1.29, 1.82) is 5.26 Å². The molecule has 0 spiro atoms. The topological polar surface area (TPSA) is 104 Å². The molecule has 0 saturated heterocycles. The third kappa shape index (κ3) is 2.64. The summed E-state index contributed by atoms with van der Waals surface area (Å²) in [6.45, 7) is 3.44. The number of rotatable bonds is 1. The van der Waals surface area contributed by atoms with E-state index in [0.717, 1.165) is 0 Å². The van der Waals surface area contributed by atoms with E-state index in [2.05, 4.69) is 0 Å². The molecule has 6 nitrogen and oxygen atoms in total. The number of hydrogen-bond donors (Lipinski definition) is 2. The molecule has 1 aliphatic heterocycles. The maximum absolute atomic E-state index is 13.2. The van der Waals surface area contributed by atoms with Crippen LogP contribution < -0.4 is 10.2 Å². The highest BCUT2D eigenvalue weighted by Crippen LogP contribution is 2.43. The number of nitriles is 1. The first-order valence-electron chi connectivity index (χ1n) is 8.50. The molecule has 2 N–H and O–H groups in total. The maximum Gasteiger partial charge on any atom is 0.204 e. The molecule has 0 aliphatic carbocycles. The molecule has 27 heavy (non-hydrogen) atoms. The lowest BCUT2D eigenvalue weighted by molar-refractivity contribution is -0.0406. The maximum atomic E-state index is 13.2. The van der Waals surface area contributed by atoms with Crippen molar-refractivity contribution in [2.24, 2.45) is 0 Å². The Morgan fingerprint density at radius 1 is 1.30 bits per heavy atom. The molecule has 0 fully saturated rings. The lowest BCUT2D eigenvalue weighted by Gasteiger charge is -2.37. The Bertz CT molecular complexity index is 1170. The van der Waals surface area contributed by atoms with Gasteiger partial charge >= 0.3 is 0 Å². The fourth-order valence-corrected chi connectivity index (χ4v) is 3.32. The third-order valence-electron chi connectivity index (χ3n) is 4.97. The van der Waals surface area contributed by atoms with Crippen molar-refractivity contribution in [2.45, 2.75) is 32.0 Å². The van der Waals surface area contributed by atoms with Crippen molar-refractivity contribution in [3.63, 3.8) is 0 Å². The lowest BCUT2D eigenvalue weighted by atomic mass is 9.89. The summed E-state index contributed by atoms with van der Waals surface area (Å²) in [5, 5.41) is 29.9. The summed E-state index contributed by atoms with van der Waals surface area (Å²) in [7, 11) is 0. The van der Waals surface area contributed by atoms with Crippen LogP contribution in [0.2, 0.25) is 0 Å². The van der Waals surface area contributed by atoms with Gasteiger partial charge < -0.3 is 19.4 Å². The van der Waals surface area contributed by atoms with Crippen LogP contribution in [0.3, 0.4) is 0 Å². The number of aromatic hydroxyl groups is 1. The molecule has 2 heterocycles. The van der Waals surface area contributed by atoms with Crippen LogP contribution in [0.4, 0.5) is 0 Å². The van der Waals surface area contributed by atoms with E-state index in [4.69, 9.17) is 14.4 Å². The van der Waals surface area contributed by atoms with Gasteiger partial charge in [-0.25, -0.2) is 0 Å². The highest BCUT2D eigenvalue weighted by molar-refractivity contribution is 5.90. The smallest absolute Gasteiger partial charge is 0.204 e. The molecule has 6 heteroatoms. The Labute approximate surface area is 154 Å². The van der Waals surface area contributed by atoms with Crippen LogP contribution in [0.25, 0.3) is 22.1 Å². The number of hydrogen-bond acceptors (Lipinski definition) is 6. The molecule has 2 aromatic carbocycles. The molecule has 1 aliphatic rings. The van der Waals surface area contributed by atoms with Crippen molar-refractivity contribution < 1.29 is 19.4 Å². The Morgan fingerprint density at radius 3 is 2.81 bits per heavy atom. The van der Waals surface area contributed by atoms with Gasteiger partial charge in [0.2, 0.25) is 5.43 Å². The van der Waals surface area contributed by atoms with E-state index < -0.39 is 11.7 Å². The second-order valence-electron chi connectivity index (χ2n) is 7.17. The highest BCUT2D eigenvalue weighted by atomic mass is 16.5. The predicted molar refractivity (Wildman–Crippen MR) is 98.7 cm³/mol. The second kappa shape index (κ2) is 5.86. The van der Waals surface area contributed by atoms with Gasteiger partial charge in [-0.2, -0.15) is 5.26 Å². The predicted octanol–water partition coefficient (Wildman–Crippen LogP) is 3.11. The van der Waals surface area contributed by atoms with Gasteiger partial charge in [0.15, 0.2) is 0 Å². The number of phenolic OH excluding ortho intramolecular Hbond substituents is 1. The Morgan fingerprint density at radius 2 is 2.07 bits per heavy atom. The first-order valence-corrected chi connectivity index (χ1v) is 8.50. The van der Waals surface area contributed by atoms with Crippen molar-refractivity contribution in [3.8, 4) is 28.7 Å². The molecule has 4 rings (SSSR count). The summed E-state index contributed by atoms with van der Waals surface area (Å²) in [5.74, 6) is 0.141. The van der Waals surface area contributed by atoms with Gasteiger partial charge in [-0.3, -0.25) is 4.79 Å². The number of fused-ring (bicyclic) bond motifs is 3. The number of nitrogens with zero attached hydrogens (tertiary/aromatic N) is 1. The van der Waals surface area contributed by atoms with Gasteiger partial charge in [-0.15, -0.1) is 0 Å². The van der Waals surface area contributed by atoms with Gasteiger partial charge in [0, 0.05) is 18.1 Å². The van der Waals surface area contributed by atoms with Crippen molar-refractivity contribution in [2.75, 3.05) is 0 Å². The average molecular weight is 363 g/mol. The fourth-order valence-electron chi connectivity index (χ4n) is 3.32. The summed E-state index contributed by atoms with van der Waals surface area (Å²) < 4.78 is 11.5. The van der Waals surface area contributed by atoms with Gasteiger partial charge in [0.1, 0.15) is 34.3 Å². The summed E-state index contributed by atoms with van der Waals surface area (Å²) in [6.07, 6.45) is 0.656. The minimum Gasteiger partial charge on any atom is -0.507 e. The summed E-state index contributed by atoms with van der Waals surface area (Å²) in [6, 6.07) is 10.1. The van der Waals surface area contributed by atoms with E-state index in [1.807, 2.05) is 6.07 Å². The van der Waals surface area contributed by atoms with Gasteiger partial charge in [0.05, 0.1) is 23.3 Å². The summed E-state index contributed by atoms with van der Waals surface area (Å²) >= 11 is 0. The summed E-state index contributed by atoms with van der Waals surface area (Å²) in [5.41, 5.74) is 0.613. The molecule has 0 saturated carbocycles. The van der Waals surface area contributed by atoms with E-state index in [-0.39, 0.29) is 34.3 Å². The van der Waals surface area contributed by atoms with E-state index in [1.165, 1.54) is 12.3 Å². The van der Waals surface area contributed by atoms with Gasteiger partial charge in [-0.1, -0.05) is 12.1 Å². The van der Waals surface area contributed by atoms with Crippen molar-refractivity contribution >= 4 is 11.0 Å². The standard InChI is InChI=1S/C21H17NO5/c1-21(2)17(24)7-13-15(23)8-16-18(20(13)27-21)19(25)14(10-26-16)12-5-3-4-11(6-12)9-22/h3-6,8,10,17,23-24H,7H2,1-2H3. The van der Waals surface area contributed by atoms with Crippen LogP contribution >= 0.6 is 0 Å². The lowest BCUT2D eigenvalue weighted by Crippen LogP contribution is -2.46. The van der Waals surface area contributed by atoms with Crippen LogP contribution in [0.15, 0.2) is 45.8 Å². The quantitative estimate of drug-likeness (QED) is 0.688. The Balaban J connectivity index is 2.02. The minimum atomic E-state index is -0.920. The fraction of sp³-hybridized carbons (Fsp3) is 0.238. The first-order chi connectivity index (χ1) is 12.8. The molecule has 136 valence electrons. The molecule has 0 bridgehead atoms. The zero-order chi connectivity index (χ0) is 19.3. The van der Waals surface area contributed by atoms with Crippen LogP contribution in [-0.2, 0) is 6.42 Å². The van der Waals surface area contributed by atoms with E-state index in [0.29, 0.717) is 22.3 Å².